The van der Waals surface area contributed by atoms with Crippen molar-refractivity contribution in [1.82, 2.24) is 0 Å². The van der Waals surface area contributed by atoms with E-state index in [-0.39, 0.29) is 18.5 Å². The number of carbonyl (C=O) groups excluding carboxylic acids is 2. The number of hydrogen-bond acceptors (Lipinski definition) is 5. The Hall–Kier alpha value is -1.36. The summed E-state index contributed by atoms with van der Waals surface area (Å²) in [5, 5.41) is 0. The van der Waals surface area contributed by atoms with Crippen molar-refractivity contribution in [2.75, 3.05) is 19.8 Å². The summed E-state index contributed by atoms with van der Waals surface area (Å²) >= 11 is 0. The summed E-state index contributed by atoms with van der Waals surface area (Å²) in [4.78, 5) is 25.4. The number of rotatable bonds is 52. The molecular weight excluding hydrogens is 753 g/mol. The molecule has 0 aromatic rings. The molecule has 0 heterocycles. The smallest absolute Gasteiger partial charge is 0.306 e. The third kappa shape index (κ3) is 51.2. The van der Waals surface area contributed by atoms with Gasteiger partial charge in [0.2, 0.25) is 0 Å². The molecule has 61 heavy (non-hydrogen) atoms. The van der Waals surface area contributed by atoms with E-state index in [1.165, 1.54) is 244 Å². The number of ether oxygens (including phenoxy) is 3. The average molecular weight is 861 g/mol. The lowest BCUT2D eigenvalue weighted by atomic mass is 10.0. The van der Waals surface area contributed by atoms with Crippen LogP contribution in [-0.2, 0) is 23.8 Å². The Morgan fingerprint density at radius 2 is 0.639 bits per heavy atom. The Kier molecular flexibility index (Phi) is 51.8. The molecule has 0 aliphatic rings. The molecular formula is C56H108O5. The minimum atomic E-state index is -0.528. The van der Waals surface area contributed by atoms with Gasteiger partial charge in [-0.3, -0.25) is 9.59 Å². The second-order valence-corrected chi connectivity index (χ2v) is 18.9. The first-order chi connectivity index (χ1) is 30.1. The van der Waals surface area contributed by atoms with E-state index < -0.39 is 6.10 Å². The van der Waals surface area contributed by atoms with Crippen molar-refractivity contribution < 1.29 is 23.8 Å². The molecule has 362 valence electrons. The maximum atomic E-state index is 12.8. The maximum absolute atomic E-state index is 12.8. The summed E-state index contributed by atoms with van der Waals surface area (Å²) in [7, 11) is 0. The molecule has 0 unspecified atom stereocenters. The van der Waals surface area contributed by atoms with Crippen molar-refractivity contribution in [2.24, 2.45) is 0 Å². The molecule has 5 heteroatoms. The normalized spacial score (nSPS) is 12.1. The molecule has 0 saturated heterocycles. The molecule has 0 saturated carbocycles. The first-order valence-electron chi connectivity index (χ1n) is 27.7. The van der Waals surface area contributed by atoms with Crippen LogP contribution in [0, 0.1) is 0 Å². The van der Waals surface area contributed by atoms with Gasteiger partial charge in [0, 0.05) is 19.4 Å². The van der Waals surface area contributed by atoms with Crippen LogP contribution in [-0.4, -0.2) is 37.9 Å². The molecule has 0 aliphatic heterocycles. The van der Waals surface area contributed by atoms with Crippen molar-refractivity contribution in [3.8, 4) is 0 Å². The van der Waals surface area contributed by atoms with Gasteiger partial charge in [-0.1, -0.05) is 264 Å². The average Bonchev–Trinajstić information content (AvgIpc) is 3.26. The van der Waals surface area contributed by atoms with Crippen LogP contribution in [0.3, 0.4) is 0 Å². The van der Waals surface area contributed by atoms with Gasteiger partial charge in [-0.2, -0.15) is 0 Å². The van der Waals surface area contributed by atoms with Gasteiger partial charge in [-0.05, 0) is 44.9 Å². The predicted molar refractivity (Wildman–Crippen MR) is 266 cm³/mol. The number of unbranched alkanes of at least 4 members (excludes halogenated alkanes) is 39. The molecule has 0 bridgehead atoms. The van der Waals surface area contributed by atoms with E-state index in [4.69, 9.17) is 14.2 Å². The Labute approximate surface area is 382 Å². The highest BCUT2D eigenvalue weighted by atomic mass is 16.6. The van der Waals surface area contributed by atoms with Gasteiger partial charge in [-0.15, -0.1) is 0 Å². The van der Waals surface area contributed by atoms with Crippen LogP contribution < -0.4 is 0 Å². The van der Waals surface area contributed by atoms with Crippen LogP contribution in [0.1, 0.15) is 310 Å². The minimum Gasteiger partial charge on any atom is -0.462 e. The first kappa shape index (κ1) is 59.6. The van der Waals surface area contributed by atoms with Crippen molar-refractivity contribution in [1.29, 1.82) is 0 Å². The highest BCUT2D eigenvalue weighted by molar-refractivity contribution is 5.70. The molecule has 0 spiro atoms. The topological polar surface area (TPSA) is 61.8 Å². The minimum absolute atomic E-state index is 0.0933. The van der Waals surface area contributed by atoms with Gasteiger partial charge >= 0.3 is 11.9 Å². The largest absolute Gasteiger partial charge is 0.462 e. The zero-order chi connectivity index (χ0) is 44.2. The summed E-state index contributed by atoms with van der Waals surface area (Å²) in [6.07, 6.45) is 60.8. The maximum Gasteiger partial charge on any atom is 0.306 e. The third-order valence-electron chi connectivity index (χ3n) is 12.6. The van der Waals surface area contributed by atoms with Gasteiger partial charge < -0.3 is 14.2 Å². The standard InChI is InChI=1S/C56H108O5/c1-4-7-10-13-16-19-22-25-27-29-30-32-35-38-41-44-47-50-56(58)61-54(53-60-55(57)49-46-43-40-37-34-24-21-18-15-12-9-6-3)52-59-51-48-45-42-39-36-33-31-28-26-23-20-17-14-11-8-5-2/h25,27,54H,4-24,26,28-53H2,1-3H3/b27-25-/t54-/m1/s1. The summed E-state index contributed by atoms with van der Waals surface area (Å²) in [6.45, 7) is 7.89. The van der Waals surface area contributed by atoms with E-state index in [0.29, 0.717) is 26.1 Å². The van der Waals surface area contributed by atoms with E-state index in [1.54, 1.807) is 0 Å². The summed E-state index contributed by atoms with van der Waals surface area (Å²) in [6, 6.07) is 0. The molecule has 0 aromatic heterocycles. The second-order valence-electron chi connectivity index (χ2n) is 18.9. The lowest BCUT2D eigenvalue weighted by molar-refractivity contribution is -0.163. The molecule has 0 amide bonds. The van der Waals surface area contributed by atoms with Gasteiger partial charge in [-0.25, -0.2) is 0 Å². The molecule has 0 fully saturated rings. The molecule has 0 radical (unpaired) electrons. The zero-order valence-corrected chi connectivity index (χ0v) is 41.7. The number of carbonyl (C=O) groups is 2. The van der Waals surface area contributed by atoms with Crippen molar-refractivity contribution in [2.45, 2.75) is 316 Å². The van der Waals surface area contributed by atoms with E-state index in [2.05, 4.69) is 32.9 Å². The Morgan fingerprint density at radius 1 is 0.344 bits per heavy atom. The van der Waals surface area contributed by atoms with Crippen molar-refractivity contribution in [3.05, 3.63) is 12.2 Å². The summed E-state index contributed by atoms with van der Waals surface area (Å²) in [5.74, 6) is -0.379. The molecule has 0 aliphatic carbocycles. The van der Waals surface area contributed by atoms with Gasteiger partial charge in [0.05, 0.1) is 6.61 Å². The van der Waals surface area contributed by atoms with Crippen LogP contribution >= 0.6 is 0 Å². The highest BCUT2D eigenvalue weighted by Gasteiger charge is 2.17. The Balaban J connectivity index is 4.20. The summed E-state index contributed by atoms with van der Waals surface area (Å²) in [5.41, 5.74) is 0. The van der Waals surface area contributed by atoms with Gasteiger partial charge in [0.25, 0.3) is 0 Å². The number of hydrogen-bond donors (Lipinski definition) is 0. The molecule has 5 nitrogen and oxygen atoms in total. The number of esters is 2. The fraction of sp³-hybridized carbons (Fsp3) is 0.929. The Morgan fingerprint density at radius 3 is 1.00 bits per heavy atom. The van der Waals surface area contributed by atoms with Crippen LogP contribution in [0.5, 0.6) is 0 Å². The Bertz CT molecular complexity index is 886. The van der Waals surface area contributed by atoms with Crippen LogP contribution in [0.4, 0.5) is 0 Å². The van der Waals surface area contributed by atoms with E-state index in [1.807, 2.05) is 0 Å². The lowest BCUT2D eigenvalue weighted by Gasteiger charge is -2.18. The molecule has 0 N–H and O–H groups in total. The van der Waals surface area contributed by atoms with Crippen molar-refractivity contribution >= 4 is 11.9 Å². The zero-order valence-electron chi connectivity index (χ0n) is 41.7. The second kappa shape index (κ2) is 53.0. The third-order valence-corrected chi connectivity index (χ3v) is 12.6. The fourth-order valence-electron chi connectivity index (χ4n) is 8.39. The van der Waals surface area contributed by atoms with Crippen LogP contribution in [0.25, 0.3) is 0 Å². The van der Waals surface area contributed by atoms with E-state index in [9.17, 15) is 9.59 Å². The molecule has 1 atom stereocenters. The van der Waals surface area contributed by atoms with Crippen LogP contribution in [0.15, 0.2) is 12.2 Å². The SMILES string of the molecule is CCCCCCCC/C=C\CCCCCCCCCC(=O)O[C@H](COCCCCCCCCCCCCCCCCCC)COC(=O)CCCCCCCCCCCCCC. The van der Waals surface area contributed by atoms with Gasteiger partial charge in [0.15, 0.2) is 6.10 Å². The van der Waals surface area contributed by atoms with E-state index in [0.717, 1.165) is 32.1 Å². The summed E-state index contributed by atoms with van der Waals surface area (Å²) < 4.78 is 17.5. The van der Waals surface area contributed by atoms with Gasteiger partial charge in [0.1, 0.15) is 6.61 Å². The molecule has 0 aromatic carbocycles. The highest BCUT2D eigenvalue weighted by Crippen LogP contribution is 2.16. The predicted octanol–water partition coefficient (Wildman–Crippen LogP) is 18.6. The molecule has 0 rings (SSSR count). The lowest BCUT2D eigenvalue weighted by Crippen LogP contribution is -2.30. The monoisotopic (exact) mass is 861 g/mol. The fourth-order valence-corrected chi connectivity index (χ4v) is 8.39. The van der Waals surface area contributed by atoms with Crippen LogP contribution in [0.2, 0.25) is 0 Å². The van der Waals surface area contributed by atoms with E-state index >= 15 is 0 Å². The quantitative estimate of drug-likeness (QED) is 0.0346. The first-order valence-corrected chi connectivity index (χ1v) is 27.7. The van der Waals surface area contributed by atoms with Crippen molar-refractivity contribution in [3.63, 3.8) is 0 Å². The number of allylic oxidation sites excluding steroid dienone is 2.